The summed E-state index contributed by atoms with van der Waals surface area (Å²) in [6.45, 7) is -1.11. The molecule has 0 radical (unpaired) electrons. The first-order chi connectivity index (χ1) is 10.3. The van der Waals surface area contributed by atoms with Crippen molar-refractivity contribution in [2.24, 2.45) is 5.73 Å². The van der Waals surface area contributed by atoms with Gasteiger partial charge in [-0.2, -0.15) is 13.2 Å². The molecule has 23 heavy (non-hydrogen) atoms. The Kier molecular flexibility index (Phi) is 9.82. The molecule has 1 aromatic carbocycles. The highest BCUT2D eigenvalue weighted by molar-refractivity contribution is 5.85. The van der Waals surface area contributed by atoms with E-state index in [1.54, 1.807) is 24.3 Å². The molecule has 0 aliphatic heterocycles. The van der Waals surface area contributed by atoms with Crippen LogP contribution in [0.1, 0.15) is 11.1 Å². The Labute approximate surface area is 138 Å². The van der Waals surface area contributed by atoms with E-state index in [4.69, 9.17) is 10.5 Å². The van der Waals surface area contributed by atoms with Gasteiger partial charge in [-0.1, -0.05) is 24.3 Å². The minimum absolute atomic E-state index is 0. The summed E-state index contributed by atoms with van der Waals surface area (Å²) in [6, 6.07) is 5.98. The van der Waals surface area contributed by atoms with E-state index in [1.807, 2.05) is 0 Å². The maximum Gasteiger partial charge on any atom is 0.411 e. The van der Waals surface area contributed by atoms with E-state index in [9.17, 15) is 18.0 Å². The van der Waals surface area contributed by atoms with Crippen LogP contribution in [0, 0.1) is 0 Å². The SMILES string of the molecule is COCC(N)C(=O)NCc1cccc(COCC(F)(F)F)c1.Cl. The third-order valence-corrected chi connectivity index (χ3v) is 2.68. The molecule has 0 aromatic heterocycles. The average Bonchev–Trinajstić information content (AvgIpc) is 2.44. The number of methoxy groups -OCH3 is 1. The van der Waals surface area contributed by atoms with E-state index >= 15 is 0 Å². The van der Waals surface area contributed by atoms with Gasteiger partial charge in [0.1, 0.15) is 12.6 Å². The largest absolute Gasteiger partial charge is 0.411 e. The number of nitrogens with two attached hydrogens (primary N) is 1. The molecule has 0 bridgehead atoms. The highest BCUT2D eigenvalue weighted by Crippen LogP contribution is 2.16. The zero-order chi connectivity index (χ0) is 16.6. The predicted molar refractivity (Wildman–Crippen MR) is 81.1 cm³/mol. The molecule has 3 N–H and O–H groups in total. The fraction of sp³-hybridized carbons (Fsp3) is 0.500. The molecular formula is C14H20ClF3N2O3. The molecule has 1 rings (SSSR count). The molecule has 132 valence electrons. The highest BCUT2D eigenvalue weighted by atomic mass is 35.5. The third kappa shape index (κ3) is 9.39. The van der Waals surface area contributed by atoms with Crippen molar-refractivity contribution in [1.82, 2.24) is 5.32 Å². The van der Waals surface area contributed by atoms with E-state index in [1.165, 1.54) is 7.11 Å². The number of nitrogens with one attached hydrogen (secondary N) is 1. The smallest absolute Gasteiger partial charge is 0.383 e. The Bertz CT molecular complexity index is 487. The molecule has 0 spiro atoms. The second kappa shape index (κ2) is 10.4. The van der Waals surface area contributed by atoms with Gasteiger partial charge in [-0.15, -0.1) is 12.4 Å². The van der Waals surface area contributed by atoms with Crippen molar-refractivity contribution in [3.63, 3.8) is 0 Å². The number of rotatable bonds is 8. The zero-order valence-corrected chi connectivity index (χ0v) is 13.4. The van der Waals surface area contributed by atoms with E-state index in [-0.39, 0.29) is 38.1 Å². The van der Waals surface area contributed by atoms with Crippen LogP contribution in [0.3, 0.4) is 0 Å². The van der Waals surface area contributed by atoms with E-state index in [0.717, 1.165) is 5.56 Å². The lowest BCUT2D eigenvalue weighted by Crippen LogP contribution is -2.43. The van der Waals surface area contributed by atoms with Crippen LogP contribution in [0.5, 0.6) is 0 Å². The monoisotopic (exact) mass is 356 g/mol. The van der Waals surface area contributed by atoms with E-state index in [2.05, 4.69) is 10.1 Å². The van der Waals surface area contributed by atoms with Crippen LogP contribution in [0.25, 0.3) is 0 Å². The van der Waals surface area contributed by atoms with Crippen LogP contribution < -0.4 is 11.1 Å². The summed E-state index contributed by atoms with van der Waals surface area (Å²) in [5.41, 5.74) is 6.90. The number of hydrogen-bond donors (Lipinski definition) is 2. The average molecular weight is 357 g/mol. The number of ether oxygens (including phenoxy) is 2. The molecule has 9 heteroatoms. The zero-order valence-electron chi connectivity index (χ0n) is 12.6. The second-order valence-electron chi connectivity index (χ2n) is 4.71. The van der Waals surface area contributed by atoms with Gasteiger partial charge in [-0.25, -0.2) is 0 Å². The van der Waals surface area contributed by atoms with Crippen molar-refractivity contribution in [2.45, 2.75) is 25.4 Å². The number of carbonyl (C=O) groups is 1. The Hall–Kier alpha value is -1.35. The Morgan fingerprint density at radius 1 is 1.35 bits per heavy atom. The maximum absolute atomic E-state index is 12.0. The van der Waals surface area contributed by atoms with Crippen molar-refractivity contribution in [2.75, 3.05) is 20.3 Å². The van der Waals surface area contributed by atoms with Crippen molar-refractivity contribution >= 4 is 18.3 Å². The van der Waals surface area contributed by atoms with Crippen molar-refractivity contribution in [3.05, 3.63) is 35.4 Å². The van der Waals surface area contributed by atoms with Crippen LogP contribution in [0.2, 0.25) is 0 Å². The van der Waals surface area contributed by atoms with E-state index in [0.29, 0.717) is 5.56 Å². The summed E-state index contributed by atoms with van der Waals surface area (Å²) in [6.07, 6.45) is -4.34. The molecule has 0 saturated heterocycles. The molecule has 1 atom stereocenters. The van der Waals surface area contributed by atoms with Gasteiger partial charge in [0.2, 0.25) is 5.91 Å². The van der Waals surface area contributed by atoms with Crippen molar-refractivity contribution in [3.8, 4) is 0 Å². The maximum atomic E-state index is 12.0. The van der Waals surface area contributed by atoms with Gasteiger partial charge in [0.15, 0.2) is 0 Å². The van der Waals surface area contributed by atoms with Gasteiger partial charge in [-0.3, -0.25) is 4.79 Å². The van der Waals surface area contributed by atoms with Crippen LogP contribution >= 0.6 is 12.4 Å². The summed E-state index contributed by atoms with van der Waals surface area (Å²) < 4.78 is 45.3. The number of hydrogen-bond acceptors (Lipinski definition) is 4. The molecule has 0 fully saturated rings. The van der Waals surface area contributed by atoms with Crippen molar-refractivity contribution < 1.29 is 27.4 Å². The van der Waals surface area contributed by atoms with Gasteiger partial charge in [0.25, 0.3) is 0 Å². The molecular weight excluding hydrogens is 337 g/mol. The predicted octanol–water partition coefficient (Wildman–Crippen LogP) is 1.78. The number of carbonyl (C=O) groups excluding carboxylic acids is 1. The summed E-state index contributed by atoms with van der Waals surface area (Å²) >= 11 is 0. The second-order valence-corrected chi connectivity index (χ2v) is 4.71. The number of benzene rings is 1. The molecule has 1 unspecified atom stereocenters. The normalized spacial score (nSPS) is 12.4. The Morgan fingerprint density at radius 2 is 2.00 bits per heavy atom. The van der Waals surface area contributed by atoms with Crippen LogP contribution in [-0.2, 0) is 27.4 Å². The molecule has 1 aromatic rings. The van der Waals surface area contributed by atoms with Crippen LogP contribution in [-0.4, -0.2) is 38.4 Å². The molecule has 0 heterocycles. The lowest BCUT2D eigenvalue weighted by molar-refractivity contribution is -0.176. The molecule has 0 saturated carbocycles. The number of amides is 1. The first-order valence-electron chi connectivity index (χ1n) is 6.56. The fourth-order valence-electron chi connectivity index (χ4n) is 1.69. The van der Waals surface area contributed by atoms with Gasteiger partial charge in [0.05, 0.1) is 13.2 Å². The third-order valence-electron chi connectivity index (χ3n) is 2.68. The van der Waals surface area contributed by atoms with Crippen LogP contribution in [0.4, 0.5) is 13.2 Å². The first-order valence-corrected chi connectivity index (χ1v) is 6.56. The Balaban J connectivity index is 0.00000484. The lowest BCUT2D eigenvalue weighted by atomic mass is 10.1. The van der Waals surface area contributed by atoms with E-state index < -0.39 is 18.8 Å². The van der Waals surface area contributed by atoms with Gasteiger partial charge in [-0.05, 0) is 11.1 Å². The van der Waals surface area contributed by atoms with Gasteiger partial charge in [0, 0.05) is 13.7 Å². The molecule has 0 aliphatic carbocycles. The molecule has 1 amide bonds. The standard InChI is InChI=1S/C14H19F3N2O3.ClH/c1-21-8-12(18)13(20)19-6-10-3-2-4-11(5-10)7-22-9-14(15,16)17;/h2-5,12H,6-9,18H2,1H3,(H,19,20);1H. The minimum Gasteiger partial charge on any atom is -0.383 e. The topological polar surface area (TPSA) is 73.6 Å². The number of halogens is 4. The van der Waals surface area contributed by atoms with Crippen LogP contribution in [0.15, 0.2) is 24.3 Å². The number of alkyl halides is 3. The fourth-order valence-corrected chi connectivity index (χ4v) is 1.69. The summed E-state index contributed by atoms with van der Waals surface area (Å²) in [7, 11) is 1.44. The molecule has 0 aliphatic rings. The molecule has 5 nitrogen and oxygen atoms in total. The lowest BCUT2D eigenvalue weighted by Gasteiger charge is -2.12. The van der Waals surface area contributed by atoms with Gasteiger partial charge >= 0.3 is 6.18 Å². The summed E-state index contributed by atoms with van der Waals surface area (Å²) in [4.78, 5) is 11.6. The quantitative estimate of drug-likeness (QED) is 0.744. The first kappa shape index (κ1) is 21.6. The highest BCUT2D eigenvalue weighted by Gasteiger charge is 2.27. The Morgan fingerprint density at radius 3 is 2.61 bits per heavy atom. The van der Waals surface area contributed by atoms with Gasteiger partial charge < -0.3 is 20.5 Å². The minimum atomic E-state index is -4.34. The summed E-state index contributed by atoms with van der Waals surface area (Å²) in [5, 5.41) is 2.63. The van der Waals surface area contributed by atoms with Crippen molar-refractivity contribution in [1.29, 1.82) is 0 Å². The summed E-state index contributed by atoms with van der Waals surface area (Å²) in [5.74, 6) is -0.361.